The van der Waals surface area contributed by atoms with Crippen LogP contribution in [0.15, 0.2) is 54.6 Å². The van der Waals surface area contributed by atoms with Gasteiger partial charge in [0.2, 0.25) is 0 Å². The summed E-state index contributed by atoms with van der Waals surface area (Å²) in [5.74, 6) is -1.17. The first-order valence-electron chi connectivity index (χ1n) is 6.68. The zero-order valence-corrected chi connectivity index (χ0v) is 11.8. The second kappa shape index (κ2) is 6.70. The van der Waals surface area contributed by atoms with E-state index in [0.29, 0.717) is 12.1 Å². The fraction of sp³-hybridized carbons (Fsp3) is 0.176. The van der Waals surface area contributed by atoms with Gasteiger partial charge in [0.25, 0.3) is 5.91 Å². The van der Waals surface area contributed by atoms with Gasteiger partial charge in [-0.15, -0.1) is 0 Å². The summed E-state index contributed by atoms with van der Waals surface area (Å²) in [6.45, 7) is 2.26. The molecule has 108 valence electrons. The molecule has 3 rings (SSSR count). The van der Waals surface area contributed by atoms with Gasteiger partial charge in [-0.2, -0.15) is 0 Å². The Bertz CT molecular complexity index is 637. The van der Waals surface area contributed by atoms with Crippen LogP contribution in [0.5, 0.6) is 0 Å². The first-order chi connectivity index (χ1) is 10.1. The minimum absolute atomic E-state index is 0.192. The van der Waals surface area contributed by atoms with E-state index >= 15 is 0 Å². The summed E-state index contributed by atoms with van der Waals surface area (Å²) in [6.07, 6.45) is 0. The third kappa shape index (κ3) is 3.92. The molecule has 0 atom stereocenters. The normalized spacial score (nSPS) is 12.4. The second-order valence-electron chi connectivity index (χ2n) is 4.87. The molecular formula is C17H17NO3. The highest BCUT2D eigenvalue weighted by atomic mass is 16.4. The number of benzene rings is 2. The number of fused-ring (bicyclic) bond motifs is 1. The fourth-order valence-electron chi connectivity index (χ4n) is 2.14. The molecule has 2 aromatic carbocycles. The van der Waals surface area contributed by atoms with Gasteiger partial charge in [-0.05, 0) is 18.6 Å². The lowest BCUT2D eigenvalue weighted by molar-refractivity contribution is -0.137. The Morgan fingerprint density at radius 2 is 1.71 bits per heavy atom. The third-order valence-electron chi connectivity index (χ3n) is 3.16. The lowest BCUT2D eigenvalue weighted by Gasteiger charge is -2.11. The topological polar surface area (TPSA) is 57.6 Å². The van der Waals surface area contributed by atoms with Crippen molar-refractivity contribution in [1.29, 1.82) is 0 Å². The summed E-state index contributed by atoms with van der Waals surface area (Å²) in [7, 11) is 0. The number of aryl methyl sites for hydroxylation is 1. The summed E-state index contributed by atoms with van der Waals surface area (Å²) >= 11 is 0. The maximum atomic E-state index is 11.6. The molecule has 0 saturated heterocycles. The lowest BCUT2D eigenvalue weighted by atomic mass is 10.1. The predicted molar refractivity (Wildman–Crippen MR) is 80.0 cm³/mol. The SMILES string of the molecule is Cc1ccccc1.O=C(O)CN1Cc2ccccc2C1=O. The van der Waals surface area contributed by atoms with Gasteiger partial charge in [-0.3, -0.25) is 9.59 Å². The molecule has 4 nitrogen and oxygen atoms in total. The summed E-state index contributed by atoms with van der Waals surface area (Å²) in [4.78, 5) is 23.4. The molecule has 1 aliphatic rings. The maximum absolute atomic E-state index is 11.6. The van der Waals surface area contributed by atoms with Crippen molar-refractivity contribution in [3.63, 3.8) is 0 Å². The van der Waals surface area contributed by atoms with Crippen LogP contribution in [0.1, 0.15) is 21.5 Å². The van der Waals surface area contributed by atoms with Gasteiger partial charge in [-0.1, -0.05) is 54.1 Å². The summed E-state index contributed by atoms with van der Waals surface area (Å²) < 4.78 is 0. The first-order valence-corrected chi connectivity index (χ1v) is 6.68. The molecule has 1 amide bonds. The second-order valence-corrected chi connectivity index (χ2v) is 4.87. The lowest BCUT2D eigenvalue weighted by Crippen LogP contribution is -2.29. The Hall–Kier alpha value is -2.62. The van der Waals surface area contributed by atoms with E-state index in [4.69, 9.17) is 5.11 Å². The molecule has 0 aromatic heterocycles. The van der Waals surface area contributed by atoms with Crippen molar-refractivity contribution >= 4 is 11.9 Å². The van der Waals surface area contributed by atoms with E-state index < -0.39 is 5.97 Å². The van der Waals surface area contributed by atoms with Crippen molar-refractivity contribution in [2.45, 2.75) is 13.5 Å². The van der Waals surface area contributed by atoms with Gasteiger partial charge >= 0.3 is 5.97 Å². The van der Waals surface area contributed by atoms with Crippen molar-refractivity contribution < 1.29 is 14.7 Å². The average Bonchev–Trinajstić information content (AvgIpc) is 2.77. The molecule has 0 bridgehead atoms. The van der Waals surface area contributed by atoms with E-state index in [-0.39, 0.29) is 12.5 Å². The van der Waals surface area contributed by atoms with Gasteiger partial charge in [0.05, 0.1) is 0 Å². The molecular weight excluding hydrogens is 266 g/mol. The van der Waals surface area contributed by atoms with Gasteiger partial charge in [0, 0.05) is 12.1 Å². The fourth-order valence-corrected chi connectivity index (χ4v) is 2.14. The zero-order chi connectivity index (χ0) is 15.2. The van der Waals surface area contributed by atoms with Crippen LogP contribution in [-0.2, 0) is 11.3 Å². The van der Waals surface area contributed by atoms with E-state index in [1.165, 1.54) is 10.5 Å². The number of amides is 1. The highest BCUT2D eigenvalue weighted by Gasteiger charge is 2.27. The number of nitrogens with zero attached hydrogens (tertiary/aromatic N) is 1. The molecule has 2 aromatic rings. The highest BCUT2D eigenvalue weighted by molar-refractivity contribution is 5.99. The van der Waals surface area contributed by atoms with Gasteiger partial charge in [0.15, 0.2) is 0 Å². The Kier molecular flexibility index (Phi) is 4.72. The van der Waals surface area contributed by atoms with Crippen LogP contribution in [0, 0.1) is 6.92 Å². The molecule has 0 radical (unpaired) electrons. The standard InChI is InChI=1S/C10H9NO3.C7H8/c12-9(13)6-11-5-7-3-1-2-4-8(7)10(11)14;1-7-5-3-2-4-6-7/h1-4H,5-6H2,(H,12,13);2-6H,1H3. The van der Waals surface area contributed by atoms with E-state index in [0.717, 1.165) is 5.56 Å². The molecule has 0 unspecified atom stereocenters. The van der Waals surface area contributed by atoms with Crippen molar-refractivity contribution in [1.82, 2.24) is 4.90 Å². The van der Waals surface area contributed by atoms with Gasteiger partial charge < -0.3 is 10.0 Å². The summed E-state index contributed by atoms with van der Waals surface area (Å²) in [5.41, 5.74) is 2.84. The maximum Gasteiger partial charge on any atom is 0.323 e. The Balaban J connectivity index is 0.000000194. The number of carboxylic acid groups (broad SMARTS) is 1. The molecule has 1 heterocycles. The number of carboxylic acids is 1. The van der Waals surface area contributed by atoms with Crippen LogP contribution in [0.2, 0.25) is 0 Å². The monoisotopic (exact) mass is 283 g/mol. The van der Waals surface area contributed by atoms with Crippen LogP contribution in [0.25, 0.3) is 0 Å². The summed E-state index contributed by atoms with van der Waals surface area (Å²) in [5, 5.41) is 8.58. The Morgan fingerprint density at radius 1 is 1.10 bits per heavy atom. The average molecular weight is 283 g/mol. The predicted octanol–water partition coefficient (Wildman–Crippen LogP) is 2.72. The molecule has 0 aliphatic carbocycles. The molecule has 0 spiro atoms. The zero-order valence-electron chi connectivity index (χ0n) is 11.8. The molecule has 0 saturated carbocycles. The van der Waals surface area contributed by atoms with Crippen molar-refractivity contribution in [3.8, 4) is 0 Å². The van der Waals surface area contributed by atoms with Crippen LogP contribution in [0.4, 0.5) is 0 Å². The summed E-state index contributed by atoms with van der Waals surface area (Å²) in [6, 6.07) is 17.4. The van der Waals surface area contributed by atoms with E-state index in [1.807, 2.05) is 30.3 Å². The molecule has 1 aliphatic heterocycles. The number of hydrogen-bond donors (Lipinski definition) is 1. The number of carbonyl (C=O) groups excluding carboxylic acids is 1. The van der Waals surface area contributed by atoms with Crippen molar-refractivity contribution in [2.24, 2.45) is 0 Å². The molecule has 4 heteroatoms. The Labute approximate surface area is 123 Å². The quantitative estimate of drug-likeness (QED) is 0.922. The third-order valence-corrected chi connectivity index (χ3v) is 3.16. The van der Waals surface area contributed by atoms with Gasteiger partial charge in [0.1, 0.15) is 6.54 Å². The Morgan fingerprint density at radius 3 is 2.24 bits per heavy atom. The largest absolute Gasteiger partial charge is 0.480 e. The number of aliphatic carboxylic acids is 1. The van der Waals surface area contributed by atoms with Gasteiger partial charge in [-0.25, -0.2) is 0 Å². The number of carbonyl (C=O) groups is 2. The minimum atomic E-state index is -0.980. The van der Waals surface area contributed by atoms with Crippen LogP contribution < -0.4 is 0 Å². The van der Waals surface area contributed by atoms with Crippen LogP contribution >= 0.6 is 0 Å². The molecule has 1 N–H and O–H groups in total. The molecule has 0 fully saturated rings. The highest BCUT2D eigenvalue weighted by Crippen LogP contribution is 2.21. The molecule has 21 heavy (non-hydrogen) atoms. The van der Waals surface area contributed by atoms with E-state index in [9.17, 15) is 9.59 Å². The van der Waals surface area contributed by atoms with Crippen molar-refractivity contribution in [2.75, 3.05) is 6.54 Å². The first kappa shape index (κ1) is 14.8. The number of hydrogen-bond acceptors (Lipinski definition) is 2. The van der Waals surface area contributed by atoms with Crippen LogP contribution in [0.3, 0.4) is 0 Å². The van der Waals surface area contributed by atoms with Crippen molar-refractivity contribution in [3.05, 3.63) is 71.3 Å². The van der Waals surface area contributed by atoms with Crippen LogP contribution in [-0.4, -0.2) is 28.4 Å². The smallest absolute Gasteiger partial charge is 0.323 e. The minimum Gasteiger partial charge on any atom is -0.480 e. The number of rotatable bonds is 2. The van der Waals surface area contributed by atoms with E-state index in [1.54, 1.807) is 12.1 Å². The van der Waals surface area contributed by atoms with E-state index in [2.05, 4.69) is 19.1 Å².